The van der Waals surface area contributed by atoms with Crippen LogP contribution in [0.2, 0.25) is 0 Å². The molecule has 3 aromatic carbocycles. The van der Waals surface area contributed by atoms with Crippen molar-refractivity contribution in [1.29, 1.82) is 0 Å². The molecule has 1 aliphatic rings. The summed E-state index contributed by atoms with van der Waals surface area (Å²) in [5.41, 5.74) is 4.51. The number of anilines is 2. The average molecular weight is 428 g/mol. The Morgan fingerprint density at radius 2 is 1.75 bits per heavy atom. The van der Waals surface area contributed by atoms with Crippen molar-refractivity contribution in [1.82, 2.24) is 5.32 Å². The molecule has 2 N–H and O–H groups in total. The van der Waals surface area contributed by atoms with Gasteiger partial charge < -0.3 is 20.3 Å². The van der Waals surface area contributed by atoms with Gasteiger partial charge in [0, 0.05) is 18.2 Å². The van der Waals surface area contributed by atoms with Gasteiger partial charge in [0.05, 0.1) is 24.2 Å². The lowest BCUT2D eigenvalue weighted by atomic mass is 10.0. The standard InChI is InChI=1S/C25H24N4O3/c1-16-13-14-21(32-3)19(15-16)26-25(31)28-23-24(30)29(2)20-12-8-7-11-18(20)22(27-23)17-9-5-4-6-10-17/h4-15,23H,1-3H3,(H2,26,28,31)/t23-/m1/s1. The number of hydrogen-bond acceptors (Lipinski definition) is 4. The number of aliphatic imine (C=N–C) groups is 1. The zero-order chi connectivity index (χ0) is 22.7. The summed E-state index contributed by atoms with van der Waals surface area (Å²) in [7, 11) is 3.21. The number of carbonyl (C=O) groups is 2. The lowest BCUT2D eigenvalue weighted by Crippen LogP contribution is -2.47. The number of hydrogen-bond donors (Lipinski definition) is 2. The van der Waals surface area contributed by atoms with Gasteiger partial charge >= 0.3 is 6.03 Å². The number of rotatable bonds is 4. The van der Waals surface area contributed by atoms with Crippen molar-refractivity contribution in [3.8, 4) is 5.75 Å². The Morgan fingerprint density at radius 1 is 1.03 bits per heavy atom. The van der Waals surface area contributed by atoms with Crippen LogP contribution in [0, 0.1) is 6.92 Å². The minimum absolute atomic E-state index is 0.338. The fraction of sp³-hybridized carbons (Fsp3) is 0.160. The van der Waals surface area contributed by atoms with Gasteiger partial charge in [-0.2, -0.15) is 0 Å². The van der Waals surface area contributed by atoms with Gasteiger partial charge in [-0.05, 0) is 30.7 Å². The van der Waals surface area contributed by atoms with Crippen LogP contribution in [0.3, 0.4) is 0 Å². The van der Waals surface area contributed by atoms with Crippen LogP contribution in [-0.4, -0.2) is 38.0 Å². The summed E-state index contributed by atoms with van der Waals surface area (Å²) in [6.45, 7) is 1.92. The van der Waals surface area contributed by atoms with Crippen LogP contribution in [0.15, 0.2) is 77.8 Å². The van der Waals surface area contributed by atoms with Crippen LogP contribution in [0.5, 0.6) is 5.75 Å². The predicted octanol–water partition coefficient (Wildman–Crippen LogP) is 3.97. The molecule has 3 amide bonds. The predicted molar refractivity (Wildman–Crippen MR) is 126 cm³/mol. The normalized spacial score (nSPS) is 15.3. The van der Waals surface area contributed by atoms with Gasteiger partial charge in [-0.15, -0.1) is 0 Å². The average Bonchev–Trinajstić information content (AvgIpc) is 2.90. The molecule has 0 saturated carbocycles. The molecule has 4 rings (SSSR count). The molecule has 3 aromatic rings. The Labute approximate surface area is 186 Å². The third kappa shape index (κ3) is 4.18. The van der Waals surface area contributed by atoms with E-state index in [-0.39, 0.29) is 5.91 Å². The molecule has 7 nitrogen and oxygen atoms in total. The number of aryl methyl sites for hydroxylation is 1. The first-order chi connectivity index (χ1) is 15.5. The maximum Gasteiger partial charge on any atom is 0.321 e. The molecule has 0 aromatic heterocycles. The number of urea groups is 1. The molecule has 1 heterocycles. The number of fused-ring (bicyclic) bond motifs is 1. The molecular weight excluding hydrogens is 404 g/mol. The van der Waals surface area contributed by atoms with Crippen LogP contribution < -0.4 is 20.3 Å². The van der Waals surface area contributed by atoms with Gasteiger partial charge in [-0.25, -0.2) is 9.79 Å². The molecule has 0 saturated heterocycles. The van der Waals surface area contributed by atoms with E-state index in [1.165, 1.54) is 12.0 Å². The topological polar surface area (TPSA) is 83.0 Å². The van der Waals surface area contributed by atoms with E-state index in [2.05, 4.69) is 15.6 Å². The molecule has 1 aliphatic heterocycles. The SMILES string of the molecule is COc1ccc(C)cc1NC(=O)N[C@H]1N=C(c2ccccc2)c2ccccc2N(C)C1=O. The summed E-state index contributed by atoms with van der Waals surface area (Å²) < 4.78 is 5.32. The summed E-state index contributed by atoms with van der Waals surface area (Å²) in [6.07, 6.45) is -1.10. The van der Waals surface area contributed by atoms with Crippen LogP contribution in [0.25, 0.3) is 0 Å². The number of benzodiazepines with no additional fused rings is 1. The van der Waals surface area contributed by atoms with Crippen molar-refractivity contribution in [2.75, 3.05) is 24.4 Å². The Kier molecular flexibility index (Phi) is 5.89. The van der Waals surface area contributed by atoms with Crippen molar-refractivity contribution >= 4 is 29.0 Å². The molecule has 7 heteroatoms. The van der Waals surface area contributed by atoms with E-state index in [4.69, 9.17) is 4.74 Å². The number of para-hydroxylation sites is 1. The molecule has 162 valence electrons. The Balaban J connectivity index is 1.68. The zero-order valence-corrected chi connectivity index (χ0v) is 18.1. The second-order valence-corrected chi connectivity index (χ2v) is 7.46. The number of ether oxygens (including phenoxy) is 1. The summed E-state index contributed by atoms with van der Waals surface area (Å²) in [4.78, 5) is 32.2. The number of nitrogens with one attached hydrogen (secondary N) is 2. The molecule has 0 aliphatic carbocycles. The molecule has 0 fully saturated rings. The highest BCUT2D eigenvalue weighted by molar-refractivity contribution is 6.20. The zero-order valence-electron chi connectivity index (χ0n) is 18.1. The Hall–Kier alpha value is -4.13. The maximum absolute atomic E-state index is 13.2. The second kappa shape index (κ2) is 8.93. The minimum atomic E-state index is -1.10. The van der Waals surface area contributed by atoms with E-state index >= 15 is 0 Å². The summed E-state index contributed by atoms with van der Waals surface area (Å²) in [5.74, 6) is 0.186. The van der Waals surface area contributed by atoms with E-state index in [0.717, 1.165) is 22.4 Å². The van der Waals surface area contributed by atoms with Gasteiger partial charge in [-0.3, -0.25) is 4.79 Å². The Bertz CT molecular complexity index is 1190. The molecule has 0 unspecified atom stereocenters. The number of amides is 3. The molecular formula is C25H24N4O3. The monoisotopic (exact) mass is 428 g/mol. The maximum atomic E-state index is 13.2. The number of benzene rings is 3. The van der Waals surface area contributed by atoms with Gasteiger partial charge in [-0.1, -0.05) is 54.6 Å². The first-order valence-electron chi connectivity index (χ1n) is 10.2. The van der Waals surface area contributed by atoms with Gasteiger partial charge in [0.2, 0.25) is 6.17 Å². The molecule has 0 bridgehead atoms. The van der Waals surface area contributed by atoms with Crippen LogP contribution in [0.1, 0.15) is 16.7 Å². The van der Waals surface area contributed by atoms with E-state index in [1.54, 1.807) is 19.2 Å². The quantitative estimate of drug-likeness (QED) is 0.660. The number of nitrogens with zero attached hydrogens (tertiary/aromatic N) is 2. The highest BCUT2D eigenvalue weighted by atomic mass is 16.5. The second-order valence-electron chi connectivity index (χ2n) is 7.46. The summed E-state index contributed by atoms with van der Waals surface area (Å²) >= 11 is 0. The molecule has 0 spiro atoms. The van der Waals surface area contributed by atoms with Gasteiger partial charge in [0.1, 0.15) is 5.75 Å². The summed E-state index contributed by atoms with van der Waals surface area (Å²) in [6, 6.07) is 22.1. The number of likely N-dealkylation sites (N-methyl/N-ethyl adjacent to an activating group) is 1. The van der Waals surface area contributed by atoms with Crippen LogP contribution in [-0.2, 0) is 4.79 Å². The third-order valence-corrected chi connectivity index (χ3v) is 5.26. The first-order valence-corrected chi connectivity index (χ1v) is 10.2. The van der Waals surface area contributed by atoms with Crippen LogP contribution >= 0.6 is 0 Å². The lowest BCUT2D eigenvalue weighted by molar-refractivity contribution is -0.119. The van der Waals surface area contributed by atoms with Gasteiger partial charge in [0.25, 0.3) is 5.91 Å². The Morgan fingerprint density at radius 3 is 2.50 bits per heavy atom. The highest BCUT2D eigenvalue weighted by Gasteiger charge is 2.31. The third-order valence-electron chi connectivity index (χ3n) is 5.26. The highest BCUT2D eigenvalue weighted by Crippen LogP contribution is 2.28. The van der Waals surface area contributed by atoms with Crippen LogP contribution in [0.4, 0.5) is 16.2 Å². The number of carbonyl (C=O) groups excluding carboxylic acids is 2. The fourth-order valence-corrected chi connectivity index (χ4v) is 3.64. The molecule has 0 radical (unpaired) electrons. The molecule has 1 atom stereocenters. The van der Waals surface area contributed by atoms with Crippen molar-refractivity contribution in [3.05, 3.63) is 89.5 Å². The summed E-state index contributed by atoms with van der Waals surface area (Å²) in [5, 5.41) is 5.47. The van der Waals surface area contributed by atoms with E-state index in [0.29, 0.717) is 17.1 Å². The smallest absolute Gasteiger partial charge is 0.321 e. The van der Waals surface area contributed by atoms with Crippen molar-refractivity contribution in [2.24, 2.45) is 4.99 Å². The lowest BCUT2D eigenvalue weighted by Gasteiger charge is -2.21. The fourth-order valence-electron chi connectivity index (χ4n) is 3.64. The van der Waals surface area contributed by atoms with E-state index in [1.807, 2.05) is 67.6 Å². The largest absolute Gasteiger partial charge is 0.495 e. The van der Waals surface area contributed by atoms with Crippen molar-refractivity contribution < 1.29 is 14.3 Å². The van der Waals surface area contributed by atoms with E-state index in [9.17, 15) is 9.59 Å². The number of methoxy groups -OCH3 is 1. The minimum Gasteiger partial charge on any atom is -0.495 e. The molecule has 32 heavy (non-hydrogen) atoms. The van der Waals surface area contributed by atoms with Gasteiger partial charge in [0.15, 0.2) is 0 Å². The van der Waals surface area contributed by atoms with Crippen molar-refractivity contribution in [2.45, 2.75) is 13.1 Å². The first kappa shape index (κ1) is 21.1. The van der Waals surface area contributed by atoms with Crippen molar-refractivity contribution in [3.63, 3.8) is 0 Å². The van der Waals surface area contributed by atoms with E-state index < -0.39 is 12.2 Å².